The molecule has 3 amide bonds. The molecule has 0 radical (unpaired) electrons. The van der Waals surface area contributed by atoms with Crippen LogP contribution in [0.5, 0.6) is 0 Å². The van der Waals surface area contributed by atoms with Crippen LogP contribution in [0.25, 0.3) is 10.4 Å². The summed E-state index contributed by atoms with van der Waals surface area (Å²) < 4.78 is 0. The van der Waals surface area contributed by atoms with Crippen LogP contribution >= 0.6 is 11.3 Å². The van der Waals surface area contributed by atoms with Gasteiger partial charge < -0.3 is 20.6 Å². The first-order valence-corrected chi connectivity index (χ1v) is 13.8. The minimum Gasteiger partial charge on any atom is -0.391 e. The lowest BCUT2D eigenvalue weighted by Crippen LogP contribution is -2.57. The van der Waals surface area contributed by atoms with Crippen molar-refractivity contribution in [3.63, 3.8) is 0 Å². The molecule has 1 aromatic heterocycles. The van der Waals surface area contributed by atoms with E-state index in [1.165, 1.54) is 11.0 Å². The number of β-amino-alcohol motifs (C(OH)–C–C–N with tert-alkyl or cyclic N) is 1. The number of carbonyl (C=O) groups is 3. The molecule has 39 heavy (non-hydrogen) atoms. The normalized spacial score (nSPS) is 18.6. The summed E-state index contributed by atoms with van der Waals surface area (Å²) >= 11 is 1.58. The van der Waals surface area contributed by atoms with Crippen LogP contribution in [0.2, 0.25) is 0 Å². The van der Waals surface area contributed by atoms with Crippen LogP contribution in [-0.2, 0) is 14.4 Å². The molecule has 9 heteroatoms. The fourth-order valence-corrected chi connectivity index (χ4v) is 5.44. The third-order valence-electron chi connectivity index (χ3n) is 6.75. The Bertz CT molecular complexity index is 1270. The highest BCUT2D eigenvalue weighted by Crippen LogP contribution is 2.29. The third kappa shape index (κ3) is 7.53. The smallest absolute Gasteiger partial charge is 0.246 e. The molecule has 1 aliphatic rings. The maximum atomic E-state index is 13.7. The van der Waals surface area contributed by atoms with E-state index in [9.17, 15) is 19.5 Å². The average molecular weight is 551 g/mol. The first kappa shape index (κ1) is 30.0. The van der Waals surface area contributed by atoms with Gasteiger partial charge in [0.2, 0.25) is 17.7 Å². The zero-order valence-electron chi connectivity index (χ0n) is 23.3. The quantitative estimate of drug-likeness (QED) is 0.322. The van der Waals surface area contributed by atoms with Gasteiger partial charge in [0.15, 0.2) is 0 Å². The molecule has 1 aliphatic heterocycles. The average Bonchev–Trinajstić information content (AvgIpc) is 3.47. The number of aliphatic hydroxyl groups excluding tert-OH is 1. The molecule has 3 rings (SSSR count). The number of nitrogens with zero attached hydrogens (tertiary/aromatic N) is 2. The van der Waals surface area contributed by atoms with Gasteiger partial charge >= 0.3 is 0 Å². The molecule has 0 spiro atoms. The summed E-state index contributed by atoms with van der Waals surface area (Å²) in [4.78, 5) is 46.5. The maximum absolute atomic E-state index is 13.7. The number of allylic oxidation sites excluding steroid dienone is 1. The van der Waals surface area contributed by atoms with Crippen molar-refractivity contribution in [1.29, 1.82) is 0 Å². The van der Waals surface area contributed by atoms with E-state index in [1.54, 1.807) is 11.3 Å². The van der Waals surface area contributed by atoms with Gasteiger partial charge in [-0.05, 0) is 42.0 Å². The molecule has 1 aromatic carbocycles. The zero-order chi connectivity index (χ0) is 28.9. The first-order valence-electron chi connectivity index (χ1n) is 12.9. The Balaban J connectivity index is 1.72. The largest absolute Gasteiger partial charge is 0.391 e. The summed E-state index contributed by atoms with van der Waals surface area (Å²) in [6.45, 7) is 16.7. The number of carbonyl (C=O) groups excluding carboxylic acids is 3. The van der Waals surface area contributed by atoms with E-state index in [1.807, 2.05) is 64.4 Å². The van der Waals surface area contributed by atoms with Crippen LogP contribution < -0.4 is 10.6 Å². The highest BCUT2D eigenvalue weighted by molar-refractivity contribution is 7.13. The van der Waals surface area contributed by atoms with E-state index in [0.717, 1.165) is 21.7 Å². The number of nitrogens with one attached hydrogen (secondary N) is 2. The number of aromatic nitrogens is 1. The molecule has 0 aliphatic carbocycles. The van der Waals surface area contributed by atoms with E-state index in [0.29, 0.717) is 5.57 Å². The van der Waals surface area contributed by atoms with Crippen molar-refractivity contribution in [2.75, 3.05) is 6.54 Å². The summed E-state index contributed by atoms with van der Waals surface area (Å²) in [7, 11) is 0. The molecular weight excluding hydrogens is 512 g/mol. The summed E-state index contributed by atoms with van der Waals surface area (Å²) in [6.07, 6.45) is 0.795. The summed E-state index contributed by atoms with van der Waals surface area (Å²) in [6, 6.07) is 5.87. The number of aliphatic hydroxyl groups is 1. The molecule has 4 atom stereocenters. The van der Waals surface area contributed by atoms with Crippen molar-refractivity contribution >= 4 is 29.1 Å². The standard InChI is InChI=1S/C30H38N4O4S/c1-8-9-18(2)14-25(36)33-27(30(5,6)7)29(38)34-16-23(35)15-24(34)28(37)32-19(3)21-10-12-22(13-11-21)26-20(4)31-17-39-26/h9-13,17,19,23-24,27,35H,1-2,14-16H2,3-7H3,(H,32,37)(H,33,36)/t19-,23+,24-,27+/m0/s1. The van der Waals surface area contributed by atoms with E-state index in [4.69, 9.17) is 0 Å². The fourth-order valence-electron chi connectivity index (χ4n) is 4.63. The van der Waals surface area contributed by atoms with Gasteiger partial charge in [-0.1, -0.05) is 58.2 Å². The van der Waals surface area contributed by atoms with Crippen LogP contribution in [-0.4, -0.2) is 57.4 Å². The highest BCUT2D eigenvalue weighted by Gasteiger charge is 2.44. The number of amides is 3. The lowest BCUT2D eigenvalue weighted by atomic mass is 9.85. The molecule has 8 nitrogen and oxygen atoms in total. The molecular formula is C30H38N4O4S. The Hall–Kier alpha value is -3.52. The van der Waals surface area contributed by atoms with Gasteiger partial charge in [-0.15, -0.1) is 17.1 Å². The summed E-state index contributed by atoms with van der Waals surface area (Å²) in [5.74, 6) is -1.13. The van der Waals surface area contributed by atoms with Gasteiger partial charge in [0.1, 0.15) is 12.1 Å². The van der Waals surface area contributed by atoms with E-state index >= 15 is 0 Å². The van der Waals surface area contributed by atoms with Gasteiger partial charge in [-0.2, -0.15) is 0 Å². The molecule has 1 saturated heterocycles. The highest BCUT2D eigenvalue weighted by atomic mass is 32.1. The Morgan fingerprint density at radius 3 is 2.49 bits per heavy atom. The van der Waals surface area contributed by atoms with Gasteiger partial charge in [-0.3, -0.25) is 14.4 Å². The Morgan fingerprint density at radius 1 is 1.26 bits per heavy atom. The lowest BCUT2D eigenvalue weighted by Gasteiger charge is -2.35. The predicted molar refractivity (Wildman–Crippen MR) is 154 cm³/mol. The van der Waals surface area contributed by atoms with Crippen LogP contribution in [0.15, 0.2) is 60.3 Å². The number of thiazole rings is 1. The van der Waals surface area contributed by atoms with Crippen molar-refractivity contribution in [3.8, 4) is 10.4 Å². The molecule has 1 fully saturated rings. The molecule has 2 aromatic rings. The minimum absolute atomic E-state index is 0.00616. The van der Waals surface area contributed by atoms with E-state index in [-0.39, 0.29) is 37.2 Å². The van der Waals surface area contributed by atoms with Crippen molar-refractivity contribution in [2.45, 2.75) is 71.7 Å². The van der Waals surface area contributed by atoms with Crippen LogP contribution in [0, 0.1) is 12.3 Å². The van der Waals surface area contributed by atoms with Crippen LogP contribution in [0.3, 0.4) is 0 Å². The third-order valence-corrected chi connectivity index (χ3v) is 7.73. The van der Waals surface area contributed by atoms with Crippen molar-refractivity contribution in [3.05, 3.63) is 71.6 Å². The van der Waals surface area contributed by atoms with Gasteiger partial charge in [0, 0.05) is 13.0 Å². The number of likely N-dealkylation sites (tertiary alicyclic amines) is 1. The van der Waals surface area contributed by atoms with Crippen LogP contribution in [0.4, 0.5) is 0 Å². The second-order valence-corrected chi connectivity index (χ2v) is 11.9. The van der Waals surface area contributed by atoms with E-state index in [2.05, 4.69) is 34.5 Å². The van der Waals surface area contributed by atoms with Crippen molar-refractivity contribution in [1.82, 2.24) is 20.5 Å². The van der Waals surface area contributed by atoms with Gasteiger partial charge in [0.25, 0.3) is 0 Å². The maximum Gasteiger partial charge on any atom is 0.246 e. The van der Waals surface area contributed by atoms with Crippen LogP contribution in [0.1, 0.15) is 57.8 Å². The number of benzene rings is 1. The summed E-state index contributed by atoms with van der Waals surface area (Å²) in [5, 5.41) is 16.2. The fraction of sp³-hybridized carbons (Fsp3) is 0.433. The lowest BCUT2D eigenvalue weighted by molar-refractivity contribution is -0.144. The second-order valence-electron chi connectivity index (χ2n) is 11.1. The van der Waals surface area contributed by atoms with Gasteiger partial charge in [-0.25, -0.2) is 4.98 Å². The topological polar surface area (TPSA) is 112 Å². The number of hydrogen-bond acceptors (Lipinski definition) is 6. The SMILES string of the molecule is C=C=CC(=C)CC(=O)N[C@H](C(=O)N1C[C@H](O)C[C@H]1C(=O)N[C@@H](C)c1ccc(-c2scnc2C)cc1)C(C)(C)C. The summed E-state index contributed by atoms with van der Waals surface area (Å²) in [5.41, 5.74) is 7.23. The number of rotatable bonds is 9. The zero-order valence-corrected chi connectivity index (χ0v) is 24.1. The number of hydrogen-bond donors (Lipinski definition) is 3. The van der Waals surface area contributed by atoms with Crippen molar-refractivity contribution < 1.29 is 19.5 Å². The number of aryl methyl sites for hydroxylation is 1. The molecule has 0 saturated carbocycles. The Morgan fingerprint density at radius 2 is 1.92 bits per heavy atom. The predicted octanol–water partition coefficient (Wildman–Crippen LogP) is 4.08. The van der Waals surface area contributed by atoms with E-state index < -0.39 is 29.5 Å². The Labute approximate surface area is 234 Å². The molecule has 208 valence electrons. The molecule has 0 unspecified atom stereocenters. The molecule has 0 bridgehead atoms. The molecule has 3 N–H and O–H groups in total. The van der Waals surface area contributed by atoms with Crippen molar-refractivity contribution in [2.24, 2.45) is 5.41 Å². The minimum atomic E-state index is -0.897. The van der Waals surface area contributed by atoms with Gasteiger partial charge in [0.05, 0.1) is 34.6 Å². The molecule has 2 heterocycles. The second kappa shape index (κ2) is 12.6. The monoisotopic (exact) mass is 550 g/mol. The first-order chi connectivity index (χ1) is 18.3. The Kier molecular flexibility index (Phi) is 9.67.